The van der Waals surface area contributed by atoms with Gasteiger partial charge in [-0.1, -0.05) is 51.1 Å². The third kappa shape index (κ3) is 4.26. The monoisotopic (exact) mass is 436 g/mol. The molecule has 1 aliphatic rings. The Labute approximate surface area is 182 Å². The molecule has 0 radical (unpaired) electrons. The minimum absolute atomic E-state index is 0.0767. The minimum atomic E-state index is -0.510. The number of unbranched alkanes of at least 4 members (excludes halogenated alkanes) is 4. The highest BCUT2D eigenvalue weighted by Gasteiger charge is 2.35. The molecule has 0 spiro atoms. The van der Waals surface area contributed by atoms with Crippen molar-refractivity contribution in [2.24, 2.45) is 0 Å². The van der Waals surface area contributed by atoms with Crippen LogP contribution in [0.4, 0.5) is 15.9 Å². The predicted octanol–water partition coefficient (Wildman–Crippen LogP) is 5.40. The summed E-state index contributed by atoms with van der Waals surface area (Å²) in [5, 5.41) is 0.342. The van der Waals surface area contributed by atoms with Crippen LogP contribution in [0.1, 0.15) is 62.3 Å². The molecule has 2 aromatic rings. The summed E-state index contributed by atoms with van der Waals surface area (Å²) in [6.45, 7) is 5.21. The number of halogens is 2. The summed E-state index contributed by atoms with van der Waals surface area (Å²) in [7, 11) is 3.13. The maximum atomic E-state index is 14.4. The van der Waals surface area contributed by atoms with E-state index in [2.05, 4.69) is 6.92 Å². The molecule has 0 N–H and O–H groups in total. The SMILES string of the molecule is CCCCCCCn1c(CC)nc2c1C(=O)N(C)CN2c1cc(F)c(OC)cc1Cl. The summed E-state index contributed by atoms with van der Waals surface area (Å²) in [6.07, 6.45) is 6.42. The Morgan fingerprint density at radius 1 is 1.20 bits per heavy atom. The van der Waals surface area contributed by atoms with Crippen molar-refractivity contribution in [2.75, 3.05) is 25.7 Å². The Kier molecular flexibility index (Phi) is 7.23. The highest BCUT2D eigenvalue weighted by Crippen LogP contribution is 2.39. The molecule has 0 aliphatic carbocycles. The number of hydrogen-bond acceptors (Lipinski definition) is 4. The number of carbonyl (C=O) groups is 1. The zero-order chi connectivity index (χ0) is 21.8. The second-order valence-electron chi connectivity index (χ2n) is 7.63. The number of aromatic nitrogens is 2. The Hall–Kier alpha value is -2.28. The lowest BCUT2D eigenvalue weighted by Gasteiger charge is -2.34. The normalized spacial score (nSPS) is 13.7. The van der Waals surface area contributed by atoms with Crippen LogP contribution in [-0.4, -0.2) is 41.2 Å². The van der Waals surface area contributed by atoms with E-state index in [9.17, 15) is 9.18 Å². The lowest BCUT2D eigenvalue weighted by atomic mass is 10.1. The molecular weight excluding hydrogens is 407 g/mol. The topological polar surface area (TPSA) is 50.6 Å². The zero-order valence-corrected chi connectivity index (χ0v) is 18.9. The number of ether oxygens (including phenoxy) is 1. The van der Waals surface area contributed by atoms with Crippen LogP contribution in [0, 0.1) is 5.82 Å². The molecule has 164 valence electrons. The van der Waals surface area contributed by atoms with E-state index in [0.717, 1.165) is 25.2 Å². The van der Waals surface area contributed by atoms with E-state index in [1.54, 1.807) is 16.8 Å². The molecule has 8 heteroatoms. The van der Waals surface area contributed by atoms with Crippen LogP contribution in [-0.2, 0) is 13.0 Å². The quantitative estimate of drug-likeness (QED) is 0.494. The Morgan fingerprint density at radius 3 is 2.60 bits per heavy atom. The second-order valence-corrected chi connectivity index (χ2v) is 8.04. The lowest BCUT2D eigenvalue weighted by Crippen LogP contribution is -2.43. The molecule has 30 heavy (non-hydrogen) atoms. The molecule has 0 unspecified atom stereocenters. The van der Waals surface area contributed by atoms with Gasteiger partial charge >= 0.3 is 0 Å². The number of methoxy groups -OCH3 is 1. The number of carbonyl (C=O) groups excluding carboxylic acids is 1. The first-order valence-corrected chi connectivity index (χ1v) is 11.0. The van der Waals surface area contributed by atoms with Gasteiger partial charge in [-0.05, 0) is 6.42 Å². The summed E-state index contributed by atoms with van der Waals surface area (Å²) in [4.78, 5) is 21.2. The molecule has 6 nitrogen and oxygen atoms in total. The van der Waals surface area contributed by atoms with E-state index in [-0.39, 0.29) is 18.3 Å². The number of hydrogen-bond donors (Lipinski definition) is 0. The molecule has 1 amide bonds. The first-order chi connectivity index (χ1) is 14.4. The van der Waals surface area contributed by atoms with Gasteiger partial charge in [0.2, 0.25) is 0 Å². The number of aryl methyl sites for hydroxylation is 1. The van der Waals surface area contributed by atoms with E-state index in [4.69, 9.17) is 21.3 Å². The molecule has 3 rings (SSSR count). The van der Waals surface area contributed by atoms with Gasteiger partial charge in [-0.25, -0.2) is 9.37 Å². The van der Waals surface area contributed by atoms with Gasteiger partial charge in [-0.3, -0.25) is 4.79 Å². The molecule has 0 bridgehead atoms. The summed E-state index contributed by atoms with van der Waals surface area (Å²) in [5.74, 6) is 0.887. The molecule has 0 saturated carbocycles. The lowest BCUT2D eigenvalue weighted by molar-refractivity contribution is 0.0775. The van der Waals surface area contributed by atoms with E-state index >= 15 is 0 Å². The third-order valence-electron chi connectivity index (χ3n) is 5.50. The van der Waals surface area contributed by atoms with Crippen molar-refractivity contribution < 1.29 is 13.9 Å². The molecule has 0 atom stereocenters. The molecule has 0 saturated heterocycles. The maximum Gasteiger partial charge on any atom is 0.275 e. The predicted molar refractivity (Wildman–Crippen MR) is 117 cm³/mol. The molecule has 0 fully saturated rings. The molecule has 1 aliphatic heterocycles. The fourth-order valence-corrected chi connectivity index (χ4v) is 4.12. The van der Waals surface area contributed by atoms with Crippen molar-refractivity contribution in [2.45, 2.75) is 58.9 Å². The van der Waals surface area contributed by atoms with Crippen molar-refractivity contribution in [3.63, 3.8) is 0 Å². The van der Waals surface area contributed by atoms with Crippen LogP contribution < -0.4 is 9.64 Å². The number of benzene rings is 1. The first-order valence-electron chi connectivity index (χ1n) is 10.6. The summed E-state index contributed by atoms with van der Waals surface area (Å²) in [5.41, 5.74) is 1.01. The zero-order valence-electron chi connectivity index (χ0n) is 18.2. The molecule has 1 aromatic carbocycles. The van der Waals surface area contributed by atoms with Crippen molar-refractivity contribution >= 4 is 29.0 Å². The van der Waals surface area contributed by atoms with Crippen LogP contribution in [0.15, 0.2) is 12.1 Å². The highest BCUT2D eigenvalue weighted by molar-refractivity contribution is 6.33. The number of amides is 1. The van der Waals surface area contributed by atoms with Crippen molar-refractivity contribution in [3.05, 3.63) is 34.5 Å². The summed E-state index contributed by atoms with van der Waals surface area (Å²) < 4.78 is 21.5. The largest absolute Gasteiger partial charge is 0.494 e. The molecule has 2 heterocycles. The van der Waals surface area contributed by atoms with Gasteiger partial charge in [0.15, 0.2) is 23.1 Å². The van der Waals surface area contributed by atoms with Gasteiger partial charge in [-0.15, -0.1) is 0 Å². The van der Waals surface area contributed by atoms with Crippen molar-refractivity contribution in [3.8, 4) is 5.75 Å². The van der Waals surface area contributed by atoms with Gasteiger partial charge in [0.05, 0.1) is 24.5 Å². The van der Waals surface area contributed by atoms with Gasteiger partial charge in [0.25, 0.3) is 5.91 Å². The number of anilines is 2. The van der Waals surface area contributed by atoms with Gasteiger partial charge in [0.1, 0.15) is 5.82 Å². The van der Waals surface area contributed by atoms with Crippen molar-refractivity contribution in [1.82, 2.24) is 14.5 Å². The van der Waals surface area contributed by atoms with Crippen LogP contribution in [0.25, 0.3) is 0 Å². The van der Waals surface area contributed by atoms with Gasteiger partial charge < -0.3 is 19.1 Å². The number of nitrogens with zero attached hydrogens (tertiary/aromatic N) is 4. The van der Waals surface area contributed by atoms with Crippen LogP contribution in [0.5, 0.6) is 5.75 Å². The second kappa shape index (κ2) is 9.69. The highest BCUT2D eigenvalue weighted by atomic mass is 35.5. The van der Waals surface area contributed by atoms with E-state index in [1.165, 1.54) is 38.5 Å². The Balaban J connectivity index is 2.01. The van der Waals surface area contributed by atoms with Crippen LogP contribution in [0.2, 0.25) is 5.02 Å². The molecular formula is C22H30ClFN4O2. The fourth-order valence-electron chi connectivity index (χ4n) is 3.86. The Morgan fingerprint density at radius 2 is 1.93 bits per heavy atom. The molecule has 1 aromatic heterocycles. The minimum Gasteiger partial charge on any atom is -0.494 e. The first kappa shape index (κ1) is 22.4. The van der Waals surface area contributed by atoms with Crippen LogP contribution >= 0.6 is 11.6 Å². The van der Waals surface area contributed by atoms with Gasteiger partial charge in [-0.2, -0.15) is 0 Å². The van der Waals surface area contributed by atoms with Gasteiger partial charge in [0, 0.05) is 32.1 Å². The number of fused-ring (bicyclic) bond motifs is 1. The van der Waals surface area contributed by atoms with E-state index in [0.29, 0.717) is 28.6 Å². The van der Waals surface area contributed by atoms with Crippen molar-refractivity contribution in [1.29, 1.82) is 0 Å². The average Bonchev–Trinajstić information content (AvgIpc) is 3.11. The Bertz CT molecular complexity index is 915. The van der Waals surface area contributed by atoms with E-state index in [1.807, 2.05) is 11.5 Å². The fraction of sp³-hybridized carbons (Fsp3) is 0.545. The van der Waals surface area contributed by atoms with Crippen LogP contribution in [0.3, 0.4) is 0 Å². The summed E-state index contributed by atoms with van der Waals surface area (Å²) >= 11 is 6.45. The number of rotatable bonds is 9. The number of imidazole rings is 1. The summed E-state index contributed by atoms with van der Waals surface area (Å²) in [6, 6.07) is 2.79. The standard InChI is InChI=1S/C22H30ClFN4O2/c1-5-7-8-9-10-11-27-19(6-2)25-21-20(27)22(29)26(3)14-28(21)17-13-16(24)18(30-4)12-15(17)23/h12-13H,5-11,14H2,1-4H3. The smallest absolute Gasteiger partial charge is 0.275 e. The van der Waals surface area contributed by atoms with E-state index < -0.39 is 5.82 Å². The maximum absolute atomic E-state index is 14.4. The third-order valence-corrected chi connectivity index (χ3v) is 5.80. The average molecular weight is 437 g/mol.